The number of pyridine rings is 1. The minimum Gasteiger partial charge on any atom is -0.497 e. The van der Waals surface area contributed by atoms with Crippen LogP contribution in [-0.2, 0) is 11.2 Å². The number of anilines is 1. The Morgan fingerprint density at radius 3 is 2.90 bits per heavy atom. The Labute approximate surface area is 178 Å². The van der Waals surface area contributed by atoms with Crippen molar-refractivity contribution in [2.75, 3.05) is 24.3 Å². The van der Waals surface area contributed by atoms with Crippen LogP contribution in [0.4, 0.5) is 5.69 Å². The third-order valence-electron chi connectivity index (χ3n) is 5.61. The van der Waals surface area contributed by atoms with Gasteiger partial charge in [0.2, 0.25) is 5.91 Å². The summed E-state index contributed by atoms with van der Waals surface area (Å²) >= 11 is 1.42. The fourth-order valence-corrected chi connectivity index (χ4v) is 4.95. The number of ether oxygens (including phenoxy) is 1. The summed E-state index contributed by atoms with van der Waals surface area (Å²) in [7, 11) is 1.66. The number of methoxy groups -OCH3 is 1. The lowest BCUT2D eigenvalue weighted by molar-refractivity contribution is -0.116. The van der Waals surface area contributed by atoms with Gasteiger partial charge in [-0.2, -0.15) is 0 Å². The summed E-state index contributed by atoms with van der Waals surface area (Å²) in [6.07, 6.45) is 2.01. The molecule has 0 spiro atoms. The average Bonchev–Trinajstić information content (AvgIpc) is 3.19. The van der Waals surface area contributed by atoms with Crippen LogP contribution in [0.2, 0.25) is 0 Å². The van der Waals surface area contributed by atoms with Gasteiger partial charge in [-0.3, -0.25) is 9.20 Å². The van der Waals surface area contributed by atoms with Gasteiger partial charge >= 0.3 is 0 Å². The van der Waals surface area contributed by atoms with E-state index in [2.05, 4.69) is 23.2 Å². The molecule has 2 aromatic heterocycles. The van der Waals surface area contributed by atoms with E-state index in [0.717, 1.165) is 52.9 Å². The Bertz CT molecular complexity index is 1270. The molecule has 0 unspecified atom stereocenters. The number of hydrogen-bond acceptors (Lipinski definition) is 5. The van der Waals surface area contributed by atoms with E-state index in [1.54, 1.807) is 7.11 Å². The van der Waals surface area contributed by atoms with Crippen molar-refractivity contribution in [3.8, 4) is 5.75 Å². The molecular formula is C23H22N4O2S. The van der Waals surface area contributed by atoms with Crippen molar-refractivity contribution >= 4 is 39.9 Å². The van der Waals surface area contributed by atoms with E-state index in [1.807, 2.05) is 51.8 Å². The van der Waals surface area contributed by atoms with E-state index in [1.165, 1.54) is 17.3 Å². The van der Waals surface area contributed by atoms with Gasteiger partial charge in [-0.15, -0.1) is 10.2 Å². The smallest absolute Gasteiger partial charge is 0.237 e. The van der Waals surface area contributed by atoms with Crippen molar-refractivity contribution in [1.82, 2.24) is 14.6 Å². The van der Waals surface area contributed by atoms with Crippen LogP contribution in [0.3, 0.4) is 0 Å². The highest BCUT2D eigenvalue weighted by Crippen LogP contribution is 2.30. The second kappa shape index (κ2) is 7.65. The number of amides is 1. The second-order valence-electron chi connectivity index (χ2n) is 7.45. The van der Waals surface area contributed by atoms with Crippen LogP contribution in [0.5, 0.6) is 5.75 Å². The van der Waals surface area contributed by atoms with Crippen LogP contribution >= 0.6 is 11.8 Å². The normalized spacial score (nSPS) is 13.6. The van der Waals surface area contributed by atoms with Crippen molar-refractivity contribution in [3.05, 3.63) is 59.7 Å². The number of aryl methyl sites for hydroxylation is 2. The highest BCUT2D eigenvalue weighted by Gasteiger charge is 2.23. The summed E-state index contributed by atoms with van der Waals surface area (Å²) in [6, 6.07) is 16.2. The molecule has 1 amide bonds. The maximum atomic E-state index is 13.0. The van der Waals surface area contributed by atoms with Crippen molar-refractivity contribution in [2.24, 2.45) is 0 Å². The maximum Gasteiger partial charge on any atom is 0.237 e. The van der Waals surface area contributed by atoms with E-state index in [9.17, 15) is 4.79 Å². The van der Waals surface area contributed by atoms with Gasteiger partial charge in [0, 0.05) is 23.7 Å². The first kappa shape index (κ1) is 18.9. The molecule has 0 saturated heterocycles. The van der Waals surface area contributed by atoms with Gasteiger partial charge < -0.3 is 9.64 Å². The lowest BCUT2D eigenvalue weighted by Crippen LogP contribution is -2.36. The summed E-state index contributed by atoms with van der Waals surface area (Å²) in [4.78, 5) is 14.9. The summed E-state index contributed by atoms with van der Waals surface area (Å²) in [5.74, 6) is 1.19. The molecule has 0 atom stereocenters. The quantitative estimate of drug-likeness (QED) is 0.463. The van der Waals surface area contributed by atoms with Crippen molar-refractivity contribution in [2.45, 2.75) is 24.9 Å². The molecule has 0 fully saturated rings. The van der Waals surface area contributed by atoms with Gasteiger partial charge in [0.1, 0.15) is 5.75 Å². The third kappa shape index (κ3) is 3.19. The molecular weight excluding hydrogens is 396 g/mol. The maximum absolute atomic E-state index is 13.0. The molecule has 0 N–H and O–H groups in total. The fraction of sp³-hybridized carbons (Fsp3) is 0.261. The number of benzene rings is 2. The summed E-state index contributed by atoms with van der Waals surface area (Å²) in [6.45, 7) is 2.82. The van der Waals surface area contributed by atoms with E-state index in [0.29, 0.717) is 10.9 Å². The van der Waals surface area contributed by atoms with Crippen LogP contribution in [0, 0.1) is 6.92 Å². The van der Waals surface area contributed by atoms with Crippen molar-refractivity contribution in [1.29, 1.82) is 0 Å². The van der Waals surface area contributed by atoms with Gasteiger partial charge in [0.15, 0.2) is 10.8 Å². The highest BCUT2D eigenvalue weighted by atomic mass is 32.2. The van der Waals surface area contributed by atoms with Gasteiger partial charge in [-0.05, 0) is 55.2 Å². The number of aromatic nitrogens is 3. The number of carbonyl (C=O) groups is 1. The van der Waals surface area contributed by atoms with Crippen LogP contribution < -0.4 is 9.64 Å². The third-order valence-corrected chi connectivity index (χ3v) is 6.52. The zero-order chi connectivity index (χ0) is 20.7. The number of carbonyl (C=O) groups excluding carboxylic acids is 1. The molecule has 0 radical (unpaired) electrons. The topological polar surface area (TPSA) is 59.7 Å². The highest BCUT2D eigenvalue weighted by molar-refractivity contribution is 7.99. The zero-order valence-electron chi connectivity index (χ0n) is 17.0. The molecule has 0 bridgehead atoms. The first-order valence-corrected chi connectivity index (χ1v) is 11.0. The van der Waals surface area contributed by atoms with E-state index in [-0.39, 0.29) is 5.91 Å². The molecule has 1 aliphatic rings. The lowest BCUT2D eigenvalue weighted by Gasteiger charge is -2.29. The molecule has 2 aromatic carbocycles. The number of nitrogens with zero attached hydrogens (tertiary/aromatic N) is 4. The van der Waals surface area contributed by atoms with Crippen molar-refractivity contribution < 1.29 is 9.53 Å². The molecule has 1 aliphatic heterocycles. The number of rotatable bonds is 4. The Kier molecular flexibility index (Phi) is 4.83. The Balaban J connectivity index is 1.47. The predicted octanol–water partition coefficient (Wildman–Crippen LogP) is 4.27. The molecule has 7 heteroatoms. The largest absolute Gasteiger partial charge is 0.497 e. The molecule has 3 heterocycles. The SMILES string of the molecule is COc1ccc2c(C)cc3nnc(SCC(=O)N4CCCc5ccccc54)n3c2c1. The van der Waals surface area contributed by atoms with Gasteiger partial charge in [0.05, 0.1) is 18.4 Å². The molecule has 30 heavy (non-hydrogen) atoms. The number of hydrogen-bond donors (Lipinski definition) is 0. The average molecular weight is 419 g/mol. The Morgan fingerprint density at radius 1 is 1.17 bits per heavy atom. The monoisotopic (exact) mass is 418 g/mol. The molecule has 152 valence electrons. The van der Waals surface area contributed by atoms with E-state index < -0.39 is 0 Å². The minimum atomic E-state index is 0.0953. The molecule has 4 aromatic rings. The fourth-order valence-electron chi connectivity index (χ4n) is 4.12. The Morgan fingerprint density at radius 2 is 2.03 bits per heavy atom. The van der Waals surface area contributed by atoms with Crippen LogP contribution in [0.15, 0.2) is 53.7 Å². The van der Waals surface area contributed by atoms with E-state index in [4.69, 9.17) is 4.74 Å². The van der Waals surface area contributed by atoms with Crippen LogP contribution in [0.25, 0.3) is 16.6 Å². The molecule has 6 nitrogen and oxygen atoms in total. The first-order valence-electron chi connectivity index (χ1n) is 9.99. The van der Waals surface area contributed by atoms with Crippen LogP contribution in [-0.4, -0.2) is 39.9 Å². The lowest BCUT2D eigenvalue weighted by atomic mass is 10.0. The molecule has 0 aliphatic carbocycles. The Hall–Kier alpha value is -3.06. The van der Waals surface area contributed by atoms with Gasteiger partial charge in [0.25, 0.3) is 0 Å². The number of fused-ring (bicyclic) bond motifs is 4. The minimum absolute atomic E-state index is 0.0953. The summed E-state index contributed by atoms with van der Waals surface area (Å²) in [5, 5.41) is 10.5. The van der Waals surface area contributed by atoms with Crippen LogP contribution in [0.1, 0.15) is 17.5 Å². The summed E-state index contributed by atoms with van der Waals surface area (Å²) in [5.41, 5.74) is 5.15. The molecule has 5 rings (SSSR count). The number of thioether (sulfide) groups is 1. The first-order chi connectivity index (χ1) is 14.7. The van der Waals surface area contributed by atoms with Gasteiger partial charge in [-0.25, -0.2) is 0 Å². The van der Waals surface area contributed by atoms with E-state index >= 15 is 0 Å². The zero-order valence-corrected chi connectivity index (χ0v) is 17.8. The standard InChI is InChI=1S/C23H22N4O2S/c1-15-12-21-24-25-23(27(21)20-13-17(29-2)9-10-18(15)20)30-14-22(28)26-11-5-7-16-6-3-4-8-19(16)26/h3-4,6,8-10,12-13H,5,7,11,14H2,1-2H3. The van der Waals surface area contributed by atoms with Crippen molar-refractivity contribution in [3.63, 3.8) is 0 Å². The second-order valence-corrected chi connectivity index (χ2v) is 8.40. The predicted molar refractivity (Wildman–Crippen MR) is 120 cm³/mol. The molecule has 0 saturated carbocycles. The summed E-state index contributed by atoms with van der Waals surface area (Å²) < 4.78 is 7.42. The van der Waals surface area contributed by atoms with Gasteiger partial charge in [-0.1, -0.05) is 30.0 Å². The number of para-hydroxylation sites is 1.